The zero-order chi connectivity index (χ0) is 21.2. The van der Waals surface area contributed by atoms with Crippen LogP contribution in [0.4, 0.5) is 4.79 Å². The molecule has 2 heterocycles. The first-order valence-corrected chi connectivity index (χ1v) is 11.0. The van der Waals surface area contributed by atoms with Crippen LogP contribution in [0.15, 0.2) is 30.3 Å². The molecule has 0 aromatic heterocycles. The van der Waals surface area contributed by atoms with Crippen molar-refractivity contribution in [3.8, 4) is 0 Å². The zero-order valence-electron chi connectivity index (χ0n) is 18.8. The summed E-state index contributed by atoms with van der Waals surface area (Å²) in [4.78, 5) is 32.6. The van der Waals surface area contributed by atoms with E-state index in [-0.39, 0.29) is 23.3 Å². The summed E-state index contributed by atoms with van der Waals surface area (Å²) in [6, 6.07) is 10.1. The topological polar surface area (TPSA) is 43.9 Å². The third-order valence-corrected chi connectivity index (χ3v) is 6.02. The van der Waals surface area contributed by atoms with E-state index in [1.807, 2.05) is 23.1 Å². The second-order valence-electron chi connectivity index (χ2n) is 10.3. The number of hydrogen-bond acceptors (Lipinski definition) is 3. The van der Waals surface area contributed by atoms with E-state index < -0.39 is 5.54 Å². The number of hydrogen-bond donors (Lipinski definition) is 0. The highest BCUT2D eigenvalue weighted by Gasteiger charge is 2.57. The summed E-state index contributed by atoms with van der Waals surface area (Å²) in [5.74, 6) is 0.301. The molecule has 29 heavy (non-hydrogen) atoms. The molecular weight excluding hydrogens is 362 g/mol. The maximum absolute atomic E-state index is 13.5. The fourth-order valence-corrected chi connectivity index (χ4v) is 4.74. The van der Waals surface area contributed by atoms with Crippen molar-refractivity contribution in [1.29, 1.82) is 0 Å². The molecule has 2 aliphatic heterocycles. The third kappa shape index (κ3) is 4.82. The predicted octanol–water partition coefficient (Wildman–Crippen LogP) is 4.03. The second kappa shape index (κ2) is 8.47. The first kappa shape index (κ1) is 21.8. The van der Waals surface area contributed by atoms with E-state index in [1.54, 1.807) is 0 Å². The maximum Gasteiger partial charge on any atom is 0.327 e. The van der Waals surface area contributed by atoms with Crippen LogP contribution >= 0.6 is 0 Å². The molecule has 0 unspecified atom stereocenters. The van der Waals surface area contributed by atoms with Gasteiger partial charge in [-0.1, -0.05) is 65.0 Å². The number of rotatable bonds is 6. The van der Waals surface area contributed by atoms with Crippen LogP contribution in [0.25, 0.3) is 0 Å². The van der Waals surface area contributed by atoms with Crippen molar-refractivity contribution in [2.75, 3.05) is 32.7 Å². The Hall–Kier alpha value is -1.88. The number of likely N-dealkylation sites (tertiary alicyclic amines) is 1. The van der Waals surface area contributed by atoms with Gasteiger partial charge in [0.15, 0.2) is 0 Å². The van der Waals surface area contributed by atoms with Gasteiger partial charge in [0.1, 0.15) is 5.54 Å². The number of piperidine rings is 1. The van der Waals surface area contributed by atoms with Gasteiger partial charge in [-0.25, -0.2) is 4.79 Å². The molecule has 5 heteroatoms. The van der Waals surface area contributed by atoms with E-state index in [9.17, 15) is 9.59 Å². The summed E-state index contributed by atoms with van der Waals surface area (Å²) < 4.78 is 0. The van der Waals surface area contributed by atoms with E-state index in [1.165, 1.54) is 10.5 Å². The Labute approximate surface area is 176 Å². The zero-order valence-corrected chi connectivity index (χ0v) is 18.8. The van der Waals surface area contributed by atoms with Crippen molar-refractivity contribution < 1.29 is 9.59 Å². The van der Waals surface area contributed by atoms with Crippen LogP contribution in [0.3, 0.4) is 0 Å². The fourth-order valence-electron chi connectivity index (χ4n) is 4.74. The van der Waals surface area contributed by atoms with Gasteiger partial charge in [0.05, 0.1) is 0 Å². The van der Waals surface area contributed by atoms with Gasteiger partial charge in [-0.3, -0.25) is 9.69 Å². The van der Waals surface area contributed by atoms with E-state index in [0.717, 1.165) is 38.9 Å². The lowest BCUT2D eigenvalue weighted by atomic mass is 9.84. The average molecular weight is 400 g/mol. The van der Waals surface area contributed by atoms with Crippen molar-refractivity contribution in [3.05, 3.63) is 35.9 Å². The third-order valence-electron chi connectivity index (χ3n) is 6.02. The number of amides is 3. The molecule has 0 N–H and O–H groups in total. The molecule has 1 aromatic carbocycles. The van der Waals surface area contributed by atoms with Crippen LogP contribution in [-0.2, 0) is 11.2 Å². The SMILES string of the molecule is CC(C)CN1C(=O)N(CCc2ccccc2)C2(CCN(CC(C)(C)C)CC2)C1=O. The minimum Gasteiger partial charge on any atom is -0.309 e. The Morgan fingerprint density at radius 1 is 1.03 bits per heavy atom. The molecule has 0 saturated carbocycles. The minimum atomic E-state index is -0.658. The van der Waals surface area contributed by atoms with Crippen molar-refractivity contribution in [2.45, 2.75) is 59.4 Å². The van der Waals surface area contributed by atoms with Crippen LogP contribution in [0, 0.1) is 11.3 Å². The quantitative estimate of drug-likeness (QED) is 0.679. The highest BCUT2D eigenvalue weighted by atomic mass is 16.2. The van der Waals surface area contributed by atoms with Crippen molar-refractivity contribution in [3.63, 3.8) is 0 Å². The number of carbonyl (C=O) groups is 2. The smallest absolute Gasteiger partial charge is 0.309 e. The number of nitrogens with zero attached hydrogens (tertiary/aromatic N) is 3. The number of carbonyl (C=O) groups excluding carboxylic acids is 2. The Kier molecular flexibility index (Phi) is 6.37. The van der Waals surface area contributed by atoms with Gasteiger partial charge in [-0.2, -0.15) is 0 Å². The molecule has 2 saturated heterocycles. The summed E-state index contributed by atoms with van der Waals surface area (Å²) in [5.41, 5.74) is 0.779. The molecule has 3 amide bonds. The molecule has 2 aliphatic rings. The van der Waals surface area contributed by atoms with Crippen LogP contribution < -0.4 is 0 Å². The van der Waals surface area contributed by atoms with Gasteiger partial charge in [-0.15, -0.1) is 0 Å². The standard InChI is InChI=1S/C24H37N3O2/c1-19(2)17-26-21(28)24(12-15-25(16-13-24)18-23(3,4)5)27(22(26)29)14-11-20-9-7-6-8-10-20/h6-10,19H,11-18H2,1-5H3. The lowest BCUT2D eigenvalue weighted by Gasteiger charge is -2.43. The van der Waals surface area contributed by atoms with Gasteiger partial charge in [0, 0.05) is 32.7 Å². The molecule has 0 atom stereocenters. The van der Waals surface area contributed by atoms with Crippen molar-refractivity contribution >= 4 is 11.9 Å². The van der Waals surface area contributed by atoms with Crippen LogP contribution in [0.5, 0.6) is 0 Å². The van der Waals surface area contributed by atoms with Gasteiger partial charge in [-0.05, 0) is 36.2 Å². The van der Waals surface area contributed by atoms with Gasteiger partial charge in [0.25, 0.3) is 5.91 Å². The number of urea groups is 1. The van der Waals surface area contributed by atoms with Crippen LogP contribution in [-0.4, -0.2) is 64.9 Å². The van der Waals surface area contributed by atoms with E-state index in [0.29, 0.717) is 13.1 Å². The molecule has 3 rings (SSSR count). The minimum absolute atomic E-state index is 0.0275. The molecule has 1 aromatic rings. The molecule has 0 aliphatic carbocycles. The number of benzene rings is 1. The summed E-state index contributed by atoms with van der Waals surface area (Å²) in [6.45, 7) is 14.7. The Bertz CT molecular complexity index is 715. The molecule has 160 valence electrons. The lowest BCUT2D eigenvalue weighted by Crippen LogP contribution is -2.57. The molecule has 5 nitrogen and oxygen atoms in total. The van der Waals surface area contributed by atoms with Gasteiger partial charge >= 0.3 is 6.03 Å². The molecule has 1 spiro atoms. The van der Waals surface area contributed by atoms with Crippen LogP contribution in [0.1, 0.15) is 53.0 Å². The summed E-state index contributed by atoms with van der Waals surface area (Å²) >= 11 is 0. The van der Waals surface area contributed by atoms with E-state index >= 15 is 0 Å². The monoisotopic (exact) mass is 399 g/mol. The normalized spacial score (nSPS) is 20.3. The summed E-state index contributed by atoms with van der Waals surface area (Å²) in [7, 11) is 0. The highest BCUT2D eigenvalue weighted by molar-refractivity contribution is 6.07. The Morgan fingerprint density at radius 3 is 2.21 bits per heavy atom. The van der Waals surface area contributed by atoms with Crippen molar-refractivity contribution in [2.24, 2.45) is 11.3 Å². The largest absolute Gasteiger partial charge is 0.327 e. The Morgan fingerprint density at radius 2 is 1.66 bits per heavy atom. The maximum atomic E-state index is 13.5. The fraction of sp³-hybridized carbons (Fsp3) is 0.667. The lowest BCUT2D eigenvalue weighted by molar-refractivity contribution is -0.136. The molecule has 2 fully saturated rings. The average Bonchev–Trinajstić information content (AvgIpc) is 2.83. The first-order valence-electron chi connectivity index (χ1n) is 11.0. The summed E-state index contributed by atoms with van der Waals surface area (Å²) in [5, 5.41) is 0. The highest BCUT2D eigenvalue weighted by Crippen LogP contribution is 2.38. The number of imide groups is 1. The summed E-state index contributed by atoms with van der Waals surface area (Å²) in [6.07, 6.45) is 2.25. The molecule has 0 bridgehead atoms. The molecule has 0 radical (unpaired) electrons. The van der Waals surface area contributed by atoms with Gasteiger partial charge < -0.3 is 9.80 Å². The first-order chi connectivity index (χ1) is 13.6. The second-order valence-corrected chi connectivity index (χ2v) is 10.3. The Balaban J connectivity index is 1.79. The van der Waals surface area contributed by atoms with E-state index in [4.69, 9.17) is 0 Å². The predicted molar refractivity (Wildman–Crippen MR) is 117 cm³/mol. The van der Waals surface area contributed by atoms with Crippen molar-refractivity contribution in [1.82, 2.24) is 14.7 Å². The van der Waals surface area contributed by atoms with Gasteiger partial charge in [0.2, 0.25) is 0 Å². The van der Waals surface area contributed by atoms with E-state index in [2.05, 4.69) is 51.7 Å². The van der Waals surface area contributed by atoms with Crippen LogP contribution in [0.2, 0.25) is 0 Å². The molecular formula is C24H37N3O2.